The average Bonchev–Trinajstić information content (AvgIpc) is 2.16. The molecule has 0 aromatic carbocycles. The van der Waals surface area contributed by atoms with Crippen LogP contribution in [0.1, 0.15) is 13.3 Å². The van der Waals surface area contributed by atoms with Gasteiger partial charge in [0.25, 0.3) is 0 Å². The van der Waals surface area contributed by atoms with Gasteiger partial charge in [-0.15, -0.1) is 23.5 Å². The standard InChI is InChI=1S/C6H10OS2/c1-6(2-3-7)8-4-5-9-6/h3H,2,4-5H2,1H3. The summed E-state index contributed by atoms with van der Waals surface area (Å²) in [5.74, 6) is 2.41. The molecule has 0 radical (unpaired) electrons. The first-order chi connectivity index (χ1) is 4.27. The van der Waals surface area contributed by atoms with Crippen molar-refractivity contribution in [2.24, 2.45) is 0 Å². The predicted octanol–water partition coefficient (Wildman–Crippen LogP) is 1.77. The minimum atomic E-state index is 0.210. The van der Waals surface area contributed by atoms with E-state index >= 15 is 0 Å². The fourth-order valence-electron chi connectivity index (χ4n) is 0.826. The number of rotatable bonds is 2. The SMILES string of the molecule is CC1(CC=O)SCCS1. The fourth-order valence-corrected chi connectivity index (χ4v) is 3.56. The molecule has 0 saturated carbocycles. The zero-order valence-corrected chi connectivity index (χ0v) is 7.06. The van der Waals surface area contributed by atoms with E-state index in [0.29, 0.717) is 6.42 Å². The Balaban J connectivity index is 2.40. The van der Waals surface area contributed by atoms with Crippen molar-refractivity contribution >= 4 is 29.8 Å². The zero-order chi connectivity index (χ0) is 6.74. The van der Waals surface area contributed by atoms with Crippen molar-refractivity contribution < 1.29 is 4.79 Å². The molecule has 1 fully saturated rings. The summed E-state index contributed by atoms with van der Waals surface area (Å²) in [5, 5.41) is 0. The van der Waals surface area contributed by atoms with Gasteiger partial charge in [0.1, 0.15) is 6.29 Å². The molecule has 0 aromatic heterocycles. The van der Waals surface area contributed by atoms with Gasteiger partial charge in [0, 0.05) is 17.9 Å². The Hall–Kier alpha value is 0.370. The molecule has 1 rings (SSSR count). The zero-order valence-electron chi connectivity index (χ0n) is 5.42. The van der Waals surface area contributed by atoms with Crippen molar-refractivity contribution in [2.45, 2.75) is 17.4 Å². The number of hydrogen-bond donors (Lipinski definition) is 0. The average molecular weight is 162 g/mol. The molecule has 0 atom stereocenters. The van der Waals surface area contributed by atoms with Crippen molar-refractivity contribution in [1.29, 1.82) is 0 Å². The molecule has 0 unspecified atom stereocenters. The van der Waals surface area contributed by atoms with Gasteiger partial charge >= 0.3 is 0 Å². The molecular weight excluding hydrogens is 152 g/mol. The summed E-state index contributed by atoms with van der Waals surface area (Å²) in [5.41, 5.74) is 0. The summed E-state index contributed by atoms with van der Waals surface area (Å²) in [6, 6.07) is 0. The quantitative estimate of drug-likeness (QED) is 0.576. The van der Waals surface area contributed by atoms with Crippen LogP contribution < -0.4 is 0 Å². The van der Waals surface area contributed by atoms with Crippen LogP contribution in [0.2, 0.25) is 0 Å². The van der Waals surface area contributed by atoms with Crippen molar-refractivity contribution in [3.8, 4) is 0 Å². The van der Waals surface area contributed by atoms with Gasteiger partial charge in [0.05, 0.1) is 4.08 Å². The van der Waals surface area contributed by atoms with E-state index < -0.39 is 0 Å². The molecule has 1 heterocycles. The molecule has 1 saturated heterocycles. The second kappa shape index (κ2) is 2.97. The first-order valence-electron chi connectivity index (χ1n) is 2.98. The maximum Gasteiger partial charge on any atom is 0.122 e. The molecular formula is C6H10OS2. The number of thioether (sulfide) groups is 2. The molecule has 0 aromatic rings. The van der Waals surface area contributed by atoms with Crippen LogP contribution >= 0.6 is 23.5 Å². The number of carbonyl (C=O) groups is 1. The molecule has 9 heavy (non-hydrogen) atoms. The van der Waals surface area contributed by atoms with E-state index in [-0.39, 0.29) is 4.08 Å². The van der Waals surface area contributed by atoms with E-state index in [9.17, 15) is 4.79 Å². The Morgan fingerprint density at radius 2 is 2.11 bits per heavy atom. The normalized spacial score (nSPS) is 24.1. The van der Waals surface area contributed by atoms with E-state index in [1.54, 1.807) is 0 Å². The highest BCUT2D eigenvalue weighted by Crippen LogP contribution is 2.45. The van der Waals surface area contributed by atoms with E-state index in [1.807, 2.05) is 23.5 Å². The van der Waals surface area contributed by atoms with Crippen LogP contribution in [0, 0.1) is 0 Å². The Morgan fingerprint density at radius 1 is 1.56 bits per heavy atom. The lowest BCUT2D eigenvalue weighted by atomic mass is 10.3. The van der Waals surface area contributed by atoms with E-state index in [2.05, 4.69) is 6.92 Å². The molecule has 0 amide bonds. The van der Waals surface area contributed by atoms with Gasteiger partial charge in [0.15, 0.2) is 0 Å². The molecule has 3 heteroatoms. The van der Waals surface area contributed by atoms with E-state index in [4.69, 9.17) is 0 Å². The summed E-state index contributed by atoms with van der Waals surface area (Å²) in [6.45, 7) is 2.14. The van der Waals surface area contributed by atoms with Crippen molar-refractivity contribution in [2.75, 3.05) is 11.5 Å². The predicted molar refractivity (Wildman–Crippen MR) is 44.0 cm³/mol. The summed E-state index contributed by atoms with van der Waals surface area (Å²) in [6.07, 6.45) is 1.72. The third kappa shape index (κ3) is 1.90. The summed E-state index contributed by atoms with van der Waals surface area (Å²) >= 11 is 3.80. The summed E-state index contributed by atoms with van der Waals surface area (Å²) in [7, 11) is 0. The maximum atomic E-state index is 10.1. The van der Waals surface area contributed by atoms with Gasteiger partial charge in [-0.1, -0.05) is 0 Å². The molecule has 0 N–H and O–H groups in total. The van der Waals surface area contributed by atoms with Crippen LogP contribution in [0.5, 0.6) is 0 Å². The highest BCUT2D eigenvalue weighted by atomic mass is 32.2. The molecule has 0 aliphatic carbocycles. The lowest BCUT2D eigenvalue weighted by molar-refractivity contribution is -0.107. The van der Waals surface area contributed by atoms with Crippen LogP contribution in [0.3, 0.4) is 0 Å². The third-order valence-electron chi connectivity index (χ3n) is 1.35. The van der Waals surface area contributed by atoms with Gasteiger partial charge < -0.3 is 4.79 Å². The van der Waals surface area contributed by atoms with Gasteiger partial charge in [-0.25, -0.2) is 0 Å². The van der Waals surface area contributed by atoms with Crippen molar-refractivity contribution in [3.63, 3.8) is 0 Å². The minimum Gasteiger partial charge on any atom is -0.303 e. The van der Waals surface area contributed by atoms with Crippen LogP contribution in [0.4, 0.5) is 0 Å². The van der Waals surface area contributed by atoms with Crippen LogP contribution in [-0.4, -0.2) is 21.9 Å². The molecule has 1 aliphatic rings. The molecule has 0 bridgehead atoms. The Labute approximate surface area is 64.0 Å². The minimum absolute atomic E-state index is 0.210. The summed E-state index contributed by atoms with van der Waals surface area (Å²) < 4.78 is 0.210. The van der Waals surface area contributed by atoms with Gasteiger partial charge in [-0.05, 0) is 6.92 Å². The summed E-state index contributed by atoms with van der Waals surface area (Å²) in [4.78, 5) is 10.1. The molecule has 1 nitrogen and oxygen atoms in total. The Bertz CT molecular complexity index is 108. The number of carbonyl (C=O) groups excluding carboxylic acids is 1. The lowest BCUT2D eigenvalue weighted by Gasteiger charge is -2.16. The monoisotopic (exact) mass is 162 g/mol. The third-order valence-corrected chi connectivity index (χ3v) is 4.69. The van der Waals surface area contributed by atoms with Crippen LogP contribution in [0.25, 0.3) is 0 Å². The second-order valence-corrected chi connectivity index (χ2v) is 5.66. The maximum absolute atomic E-state index is 10.1. The molecule has 52 valence electrons. The van der Waals surface area contributed by atoms with E-state index in [1.165, 1.54) is 11.5 Å². The first-order valence-corrected chi connectivity index (χ1v) is 4.95. The van der Waals surface area contributed by atoms with E-state index in [0.717, 1.165) is 6.29 Å². The van der Waals surface area contributed by atoms with Gasteiger partial charge in [0.2, 0.25) is 0 Å². The fraction of sp³-hybridized carbons (Fsp3) is 0.833. The highest BCUT2D eigenvalue weighted by Gasteiger charge is 2.29. The molecule has 0 spiro atoms. The highest BCUT2D eigenvalue weighted by molar-refractivity contribution is 8.21. The number of hydrogen-bond acceptors (Lipinski definition) is 3. The van der Waals surface area contributed by atoms with Crippen molar-refractivity contribution in [3.05, 3.63) is 0 Å². The Morgan fingerprint density at radius 3 is 2.56 bits per heavy atom. The second-order valence-electron chi connectivity index (χ2n) is 2.20. The lowest BCUT2D eigenvalue weighted by Crippen LogP contribution is -2.10. The first kappa shape index (κ1) is 7.48. The van der Waals surface area contributed by atoms with Gasteiger partial charge in [-0.2, -0.15) is 0 Å². The van der Waals surface area contributed by atoms with Gasteiger partial charge in [-0.3, -0.25) is 0 Å². The number of aldehydes is 1. The smallest absolute Gasteiger partial charge is 0.122 e. The molecule has 1 aliphatic heterocycles. The van der Waals surface area contributed by atoms with Crippen molar-refractivity contribution in [1.82, 2.24) is 0 Å². The topological polar surface area (TPSA) is 17.1 Å². The van der Waals surface area contributed by atoms with Crippen LogP contribution in [0.15, 0.2) is 0 Å². The largest absolute Gasteiger partial charge is 0.303 e. The van der Waals surface area contributed by atoms with Crippen LogP contribution in [-0.2, 0) is 4.79 Å². The Kier molecular flexibility index (Phi) is 2.47.